The lowest BCUT2D eigenvalue weighted by molar-refractivity contribution is -0.148. The van der Waals surface area contributed by atoms with Crippen LogP contribution in [0.4, 0.5) is 0 Å². The van der Waals surface area contributed by atoms with Gasteiger partial charge in [0.25, 0.3) is 0 Å². The number of benzene rings is 1. The fraction of sp³-hybridized carbons (Fsp3) is 0.545. The van der Waals surface area contributed by atoms with Gasteiger partial charge in [0.1, 0.15) is 18.3 Å². The minimum atomic E-state index is -1.05. The summed E-state index contributed by atoms with van der Waals surface area (Å²) in [5.74, 6) is -0.150. The SMILES string of the molecule is C=C1C[C@H](C)C[C@@H]2CC=C[C@@H](C/C=C\C(=O)OC([C@@H](O)/C=C/C3Cc4ccccc4CO3)C[C@@H]3O[C@H]3[C@@H](O)C1)O2. The van der Waals surface area contributed by atoms with Gasteiger partial charge in [0, 0.05) is 18.9 Å². The van der Waals surface area contributed by atoms with Crippen molar-refractivity contribution in [3.8, 4) is 0 Å². The van der Waals surface area contributed by atoms with Crippen LogP contribution in [-0.4, -0.2) is 65.0 Å². The number of fused-ring (bicyclic) bond motifs is 4. The van der Waals surface area contributed by atoms with Crippen molar-refractivity contribution in [1.29, 1.82) is 0 Å². The first-order valence-electron chi connectivity index (χ1n) is 14.6. The van der Waals surface area contributed by atoms with E-state index < -0.39 is 24.3 Å². The van der Waals surface area contributed by atoms with E-state index in [9.17, 15) is 15.0 Å². The number of aliphatic hydroxyl groups is 2. The van der Waals surface area contributed by atoms with Gasteiger partial charge in [-0.3, -0.25) is 0 Å². The van der Waals surface area contributed by atoms with Crippen molar-refractivity contribution in [2.24, 2.45) is 5.92 Å². The number of carbonyl (C=O) groups excluding carboxylic acids is 1. The summed E-state index contributed by atoms with van der Waals surface area (Å²) in [5.41, 5.74) is 3.39. The summed E-state index contributed by atoms with van der Waals surface area (Å²) in [5, 5.41) is 21.9. The summed E-state index contributed by atoms with van der Waals surface area (Å²) in [6.45, 7) is 6.91. The molecule has 4 aliphatic rings. The molecule has 1 fully saturated rings. The number of ether oxygens (including phenoxy) is 4. The third kappa shape index (κ3) is 8.02. The molecule has 0 radical (unpaired) electrons. The zero-order valence-electron chi connectivity index (χ0n) is 23.3. The van der Waals surface area contributed by atoms with Crippen molar-refractivity contribution in [2.75, 3.05) is 0 Å². The molecule has 2 unspecified atom stereocenters. The Morgan fingerprint density at radius 3 is 2.73 bits per heavy atom. The lowest BCUT2D eigenvalue weighted by Gasteiger charge is -2.28. The smallest absolute Gasteiger partial charge is 0.330 e. The number of hydrogen-bond donors (Lipinski definition) is 2. The molecule has 7 heteroatoms. The number of esters is 1. The van der Waals surface area contributed by atoms with Crippen LogP contribution in [0.1, 0.15) is 56.6 Å². The first-order chi connectivity index (χ1) is 19.3. The Labute approximate surface area is 237 Å². The van der Waals surface area contributed by atoms with Gasteiger partial charge in [-0.05, 0) is 49.1 Å². The molecule has 4 heterocycles. The molecule has 40 heavy (non-hydrogen) atoms. The van der Waals surface area contributed by atoms with E-state index in [0.29, 0.717) is 31.8 Å². The fourth-order valence-corrected chi connectivity index (χ4v) is 6.05. The maximum absolute atomic E-state index is 12.7. The lowest BCUT2D eigenvalue weighted by Crippen LogP contribution is -2.32. The van der Waals surface area contributed by atoms with Crippen LogP contribution in [0.2, 0.25) is 0 Å². The second-order valence-corrected chi connectivity index (χ2v) is 11.7. The average molecular weight is 551 g/mol. The van der Waals surface area contributed by atoms with E-state index in [0.717, 1.165) is 24.8 Å². The van der Waals surface area contributed by atoms with Gasteiger partial charge in [-0.1, -0.05) is 73.7 Å². The number of hydrogen-bond acceptors (Lipinski definition) is 7. The van der Waals surface area contributed by atoms with Gasteiger partial charge in [0.05, 0.1) is 37.1 Å². The normalized spacial score (nSPS) is 37.0. The van der Waals surface area contributed by atoms with Crippen molar-refractivity contribution >= 4 is 5.97 Å². The van der Waals surface area contributed by atoms with Crippen LogP contribution in [0.15, 0.2) is 72.9 Å². The molecule has 2 N–H and O–H groups in total. The van der Waals surface area contributed by atoms with Crippen LogP contribution >= 0.6 is 0 Å². The topological polar surface area (TPSA) is 97.8 Å². The molecule has 216 valence electrons. The van der Waals surface area contributed by atoms with Crippen molar-refractivity contribution in [1.82, 2.24) is 0 Å². The summed E-state index contributed by atoms with van der Waals surface area (Å²) in [4.78, 5) is 12.7. The van der Waals surface area contributed by atoms with Gasteiger partial charge in [0.2, 0.25) is 0 Å². The number of carbonyl (C=O) groups is 1. The van der Waals surface area contributed by atoms with Crippen LogP contribution in [0.5, 0.6) is 0 Å². The van der Waals surface area contributed by atoms with E-state index in [-0.39, 0.29) is 36.9 Å². The van der Waals surface area contributed by atoms with E-state index in [1.165, 1.54) is 17.2 Å². The highest BCUT2D eigenvalue weighted by molar-refractivity contribution is 5.82. The first-order valence-corrected chi connectivity index (χ1v) is 14.6. The molecule has 1 saturated heterocycles. The minimum absolute atomic E-state index is 0.0931. The van der Waals surface area contributed by atoms with E-state index in [2.05, 4.69) is 31.7 Å². The second-order valence-electron chi connectivity index (χ2n) is 11.7. The van der Waals surface area contributed by atoms with Crippen LogP contribution < -0.4 is 0 Å². The summed E-state index contributed by atoms with van der Waals surface area (Å²) < 4.78 is 23.7. The molecule has 5 rings (SSSR count). The maximum atomic E-state index is 12.7. The predicted molar refractivity (Wildman–Crippen MR) is 151 cm³/mol. The summed E-state index contributed by atoms with van der Waals surface area (Å²) in [6, 6.07) is 8.17. The zero-order chi connectivity index (χ0) is 28.1. The van der Waals surface area contributed by atoms with Gasteiger partial charge in [0.15, 0.2) is 0 Å². The highest BCUT2D eigenvalue weighted by Gasteiger charge is 2.46. The molecular formula is C33H42O7. The minimum Gasteiger partial charge on any atom is -0.456 e. The van der Waals surface area contributed by atoms with Crippen molar-refractivity contribution < 1.29 is 34.0 Å². The Morgan fingerprint density at radius 1 is 1.05 bits per heavy atom. The highest BCUT2D eigenvalue weighted by atomic mass is 16.6. The zero-order valence-corrected chi connectivity index (χ0v) is 23.3. The van der Waals surface area contributed by atoms with E-state index in [4.69, 9.17) is 18.9 Å². The number of epoxide rings is 1. The molecule has 1 aromatic rings. The van der Waals surface area contributed by atoms with Gasteiger partial charge in [-0.25, -0.2) is 4.79 Å². The van der Waals surface area contributed by atoms with Crippen LogP contribution in [-0.2, 0) is 36.8 Å². The van der Waals surface area contributed by atoms with Crippen LogP contribution in [0.25, 0.3) is 0 Å². The van der Waals surface area contributed by atoms with Gasteiger partial charge in [-0.2, -0.15) is 0 Å². The van der Waals surface area contributed by atoms with Crippen molar-refractivity contribution in [3.05, 3.63) is 84.0 Å². The van der Waals surface area contributed by atoms with Gasteiger partial charge >= 0.3 is 5.97 Å². The lowest BCUT2D eigenvalue weighted by atomic mass is 9.91. The largest absolute Gasteiger partial charge is 0.456 e. The number of aliphatic hydroxyl groups excluding tert-OH is 2. The molecular weight excluding hydrogens is 508 g/mol. The molecule has 2 bridgehead atoms. The molecule has 0 amide bonds. The Kier molecular flexibility index (Phi) is 9.71. The third-order valence-electron chi connectivity index (χ3n) is 8.17. The fourth-order valence-electron chi connectivity index (χ4n) is 6.05. The predicted octanol–water partition coefficient (Wildman–Crippen LogP) is 4.51. The number of rotatable bonds is 3. The van der Waals surface area contributed by atoms with Crippen LogP contribution in [0, 0.1) is 5.92 Å². The Balaban J connectivity index is 1.26. The molecule has 1 aromatic carbocycles. The summed E-state index contributed by atoms with van der Waals surface area (Å²) >= 11 is 0. The Bertz CT molecular complexity index is 1120. The number of cyclic esters (lactones) is 1. The average Bonchev–Trinajstić information content (AvgIpc) is 3.70. The Morgan fingerprint density at radius 2 is 1.88 bits per heavy atom. The Hall–Kier alpha value is -2.55. The summed E-state index contributed by atoms with van der Waals surface area (Å²) in [6.07, 6.45) is 12.0. The quantitative estimate of drug-likeness (QED) is 0.325. The monoisotopic (exact) mass is 550 g/mol. The third-order valence-corrected chi connectivity index (χ3v) is 8.17. The molecule has 0 aliphatic carbocycles. The highest BCUT2D eigenvalue weighted by Crippen LogP contribution is 2.35. The first kappa shape index (κ1) is 29.0. The summed E-state index contributed by atoms with van der Waals surface area (Å²) in [7, 11) is 0. The molecule has 4 aliphatic heterocycles. The molecule has 0 aromatic heterocycles. The molecule has 7 nitrogen and oxygen atoms in total. The van der Waals surface area contributed by atoms with E-state index in [1.54, 1.807) is 12.2 Å². The molecule has 0 spiro atoms. The van der Waals surface area contributed by atoms with Crippen LogP contribution in [0.3, 0.4) is 0 Å². The van der Waals surface area contributed by atoms with E-state index in [1.807, 2.05) is 24.3 Å². The standard InChI is InChI=1S/C33H42O7/c1-21-15-22(2)17-29(35)33-31(40-33)19-30(39-32(36)12-6-10-25-9-5-11-27(16-21)38-25)28(34)14-13-26-18-23-7-3-4-8-24(23)20-37-26/h3-9,12-14,21,25-31,33-35H,2,10-11,15-20H2,1H3/b12-6-,14-13+/t21-,25-,26?,27-,28-,29-,30?,31-,33-/m0/s1. The second kappa shape index (κ2) is 13.4. The van der Waals surface area contributed by atoms with Gasteiger partial charge < -0.3 is 29.2 Å². The maximum Gasteiger partial charge on any atom is 0.330 e. The van der Waals surface area contributed by atoms with E-state index >= 15 is 0 Å². The molecule has 9 atom stereocenters. The van der Waals surface area contributed by atoms with Crippen molar-refractivity contribution in [3.63, 3.8) is 0 Å². The molecule has 0 saturated carbocycles. The van der Waals surface area contributed by atoms with Crippen molar-refractivity contribution in [2.45, 2.75) is 107 Å². The van der Waals surface area contributed by atoms with Gasteiger partial charge in [-0.15, -0.1) is 0 Å².